The second-order valence-corrected chi connectivity index (χ2v) is 6.44. The lowest BCUT2D eigenvalue weighted by molar-refractivity contribution is 0.403. The van der Waals surface area contributed by atoms with Crippen molar-refractivity contribution in [2.24, 2.45) is 0 Å². The molecule has 1 aromatic rings. The topological polar surface area (TPSA) is 50.3 Å². The Morgan fingerprint density at radius 3 is 2.65 bits per heavy atom. The third-order valence-electron chi connectivity index (χ3n) is 2.70. The van der Waals surface area contributed by atoms with Crippen LogP contribution in [0.2, 0.25) is 5.15 Å². The summed E-state index contributed by atoms with van der Waals surface area (Å²) < 4.78 is 26.3. The molecule has 0 saturated heterocycles. The molecule has 1 aromatic heterocycles. The molecule has 4 nitrogen and oxygen atoms in total. The van der Waals surface area contributed by atoms with Crippen LogP contribution < -0.4 is 0 Å². The second-order valence-electron chi connectivity index (χ2n) is 4.16. The van der Waals surface area contributed by atoms with Gasteiger partial charge in [0.05, 0.1) is 0 Å². The highest BCUT2D eigenvalue weighted by atomic mass is 35.5. The fraction of sp³-hybridized carbons (Fsp3) is 0.545. The van der Waals surface area contributed by atoms with E-state index < -0.39 is 10.0 Å². The normalized spacial score (nSPS) is 16.4. The maximum Gasteiger partial charge on any atom is 0.244 e. The van der Waals surface area contributed by atoms with Gasteiger partial charge in [0.15, 0.2) is 0 Å². The van der Waals surface area contributed by atoms with Gasteiger partial charge in [0.25, 0.3) is 0 Å². The van der Waals surface area contributed by atoms with Crippen LogP contribution in [0.4, 0.5) is 0 Å². The molecule has 0 atom stereocenters. The number of pyridine rings is 1. The highest BCUT2D eigenvalue weighted by molar-refractivity contribution is 7.89. The van der Waals surface area contributed by atoms with Crippen molar-refractivity contribution in [1.82, 2.24) is 9.29 Å². The highest BCUT2D eigenvalue weighted by Gasteiger charge is 2.37. The Morgan fingerprint density at radius 2 is 2.18 bits per heavy atom. The van der Waals surface area contributed by atoms with Crippen molar-refractivity contribution in [2.45, 2.75) is 37.1 Å². The third kappa shape index (κ3) is 2.78. The van der Waals surface area contributed by atoms with Gasteiger partial charge in [-0.2, -0.15) is 4.31 Å². The molecule has 1 heterocycles. The molecule has 0 bridgehead atoms. The van der Waals surface area contributed by atoms with Gasteiger partial charge < -0.3 is 0 Å². The van der Waals surface area contributed by atoms with Gasteiger partial charge in [0, 0.05) is 18.8 Å². The van der Waals surface area contributed by atoms with E-state index in [0.717, 1.165) is 19.3 Å². The van der Waals surface area contributed by atoms with Crippen molar-refractivity contribution in [1.29, 1.82) is 0 Å². The average Bonchev–Trinajstić information content (AvgIpc) is 3.10. The van der Waals surface area contributed by atoms with E-state index in [9.17, 15) is 8.42 Å². The lowest BCUT2D eigenvalue weighted by atomic mass is 10.5. The van der Waals surface area contributed by atoms with Crippen LogP contribution in [-0.2, 0) is 10.0 Å². The number of halogens is 1. The van der Waals surface area contributed by atoms with Gasteiger partial charge in [-0.3, -0.25) is 0 Å². The molecule has 0 spiro atoms. The standard InChI is InChI=1S/C11H15ClN2O2S/c1-2-7-14(9-3-4-9)17(15,16)10-5-6-11(12)13-8-10/h5-6,8-9H,2-4,7H2,1H3. The zero-order chi connectivity index (χ0) is 12.5. The maximum atomic E-state index is 12.4. The zero-order valence-corrected chi connectivity index (χ0v) is 11.2. The Bertz CT molecular complexity index is 483. The molecule has 0 N–H and O–H groups in total. The maximum absolute atomic E-state index is 12.4. The molecule has 0 aromatic carbocycles. The Labute approximate surface area is 107 Å². The van der Waals surface area contributed by atoms with Gasteiger partial charge in [-0.25, -0.2) is 13.4 Å². The SMILES string of the molecule is CCCN(C1CC1)S(=O)(=O)c1ccc(Cl)nc1. The van der Waals surface area contributed by atoms with Crippen molar-refractivity contribution in [3.63, 3.8) is 0 Å². The molecule has 17 heavy (non-hydrogen) atoms. The second kappa shape index (κ2) is 4.92. The number of aromatic nitrogens is 1. The summed E-state index contributed by atoms with van der Waals surface area (Å²) in [7, 11) is -3.40. The summed E-state index contributed by atoms with van der Waals surface area (Å²) in [5.74, 6) is 0. The van der Waals surface area contributed by atoms with E-state index in [4.69, 9.17) is 11.6 Å². The zero-order valence-electron chi connectivity index (χ0n) is 9.63. The van der Waals surface area contributed by atoms with Crippen molar-refractivity contribution >= 4 is 21.6 Å². The van der Waals surface area contributed by atoms with Crippen LogP contribution in [0.1, 0.15) is 26.2 Å². The first-order chi connectivity index (χ1) is 8.05. The van der Waals surface area contributed by atoms with Crippen LogP contribution in [0.5, 0.6) is 0 Å². The van der Waals surface area contributed by atoms with Crippen molar-refractivity contribution in [3.05, 3.63) is 23.5 Å². The molecule has 0 unspecified atom stereocenters. The highest BCUT2D eigenvalue weighted by Crippen LogP contribution is 2.32. The van der Waals surface area contributed by atoms with Crippen LogP contribution in [0.3, 0.4) is 0 Å². The third-order valence-corrected chi connectivity index (χ3v) is 4.86. The van der Waals surface area contributed by atoms with E-state index in [1.165, 1.54) is 18.3 Å². The van der Waals surface area contributed by atoms with Gasteiger partial charge >= 0.3 is 0 Å². The van der Waals surface area contributed by atoms with Gasteiger partial charge in [-0.1, -0.05) is 18.5 Å². The summed E-state index contributed by atoms with van der Waals surface area (Å²) in [6.45, 7) is 2.54. The molecule has 0 amide bonds. The Balaban J connectivity index is 2.30. The molecule has 0 aliphatic heterocycles. The first-order valence-corrected chi connectivity index (χ1v) is 7.51. The van der Waals surface area contributed by atoms with Crippen LogP contribution in [0.15, 0.2) is 23.2 Å². The minimum absolute atomic E-state index is 0.177. The smallest absolute Gasteiger partial charge is 0.243 e. The van der Waals surface area contributed by atoms with E-state index in [1.807, 2.05) is 6.92 Å². The van der Waals surface area contributed by atoms with Crippen LogP contribution >= 0.6 is 11.6 Å². The Hall–Kier alpha value is -0.650. The summed E-state index contributed by atoms with van der Waals surface area (Å²) in [4.78, 5) is 4.05. The number of hydrogen-bond acceptors (Lipinski definition) is 3. The molecule has 2 rings (SSSR count). The summed E-state index contributed by atoms with van der Waals surface area (Å²) in [6, 6.07) is 3.19. The molecule has 6 heteroatoms. The Morgan fingerprint density at radius 1 is 1.47 bits per heavy atom. The first-order valence-electron chi connectivity index (χ1n) is 5.69. The monoisotopic (exact) mass is 274 g/mol. The van der Waals surface area contributed by atoms with E-state index in [1.54, 1.807) is 4.31 Å². The van der Waals surface area contributed by atoms with E-state index in [-0.39, 0.29) is 10.9 Å². The molecule has 1 aliphatic carbocycles. The minimum Gasteiger partial charge on any atom is -0.243 e. The minimum atomic E-state index is -3.40. The van der Waals surface area contributed by atoms with Crippen LogP contribution in [0, 0.1) is 0 Å². The molecule has 0 radical (unpaired) electrons. The fourth-order valence-corrected chi connectivity index (χ4v) is 3.57. The van der Waals surface area contributed by atoms with E-state index >= 15 is 0 Å². The number of rotatable bonds is 5. The fourth-order valence-electron chi connectivity index (χ4n) is 1.73. The van der Waals surface area contributed by atoms with E-state index in [2.05, 4.69) is 4.98 Å². The lowest BCUT2D eigenvalue weighted by Gasteiger charge is -2.20. The molecule has 1 saturated carbocycles. The van der Waals surface area contributed by atoms with Gasteiger partial charge in [0.1, 0.15) is 10.0 Å². The van der Waals surface area contributed by atoms with Crippen molar-refractivity contribution in [3.8, 4) is 0 Å². The van der Waals surface area contributed by atoms with E-state index in [0.29, 0.717) is 11.7 Å². The predicted molar refractivity (Wildman–Crippen MR) is 66.5 cm³/mol. The quantitative estimate of drug-likeness (QED) is 0.774. The largest absolute Gasteiger partial charge is 0.244 e. The van der Waals surface area contributed by atoms with Gasteiger partial charge in [-0.05, 0) is 31.4 Å². The molecule has 94 valence electrons. The average molecular weight is 275 g/mol. The van der Waals surface area contributed by atoms with Gasteiger partial charge in [-0.15, -0.1) is 0 Å². The summed E-state index contributed by atoms with van der Waals surface area (Å²) >= 11 is 5.66. The predicted octanol–water partition coefficient (Wildman–Crippen LogP) is 2.30. The Kier molecular flexibility index (Phi) is 3.70. The molecule has 1 aliphatic rings. The summed E-state index contributed by atoms with van der Waals surface area (Å²) in [5.41, 5.74) is 0. The van der Waals surface area contributed by atoms with Crippen LogP contribution in [-0.4, -0.2) is 30.3 Å². The molecular weight excluding hydrogens is 260 g/mol. The number of hydrogen-bond donors (Lipinski definition) is 0. The number of sulfonamides is 1. The van der Waals surface area contributed by atoms with Crippen molar-refractivity contribution < 1.29 is 8.42 Å². The molecule has 1 fully saturated rings. The summed E-state index contributed by atoms with van der Waals surface area (Å²) in [6.07, 6.45) is 4.06. The van der Waals surface area contributed by atoms with Crippen LogP contribution in [0.25, 0.3) is 0 Å². The lowest BCUT2D eigenvalue weighted by Crippen LogP contribution is -2.33. The van der Waals surface area contributed by atoms with Crippen molar-refractivity contribution in [2.75, 3.05) is 6.54 Å². The van der Waals surface area contributed by atoms with Gasteiger partial charge in [0.2, 0.25) is 10.0 Å². The summed E-state index contributed by atoms with van der Waals surface area (Å²) in [5, 5.41) is 0.303. The number of nitrogens with zero attached hydrogens (tertiary/aromatic N) is 2. The first kappa shape index (κ1) is 12.8. The molecular formula is C11H15ClN2O2S.